The number of nitrogens with two attached hydrogens (primary N) is 1. The van der Waals surface area contributed by atoms with E-state index in [0.29, 0.717) is 5.75 Å². The van der Waals surface area contributed by atoms with Gasteiger partial charge in [0.2, 0.25) is 10.0 Å². The van der Waals surface area contributed by atoms with Crippen molar-refractivity contribution in [3.63, 3.8) is 0 Å². The lowest BCUT2D eigenvalue weighted by molar-refractivity contribution is 0.569. The predicted octanol–water partition coefficient (Wildman–Crippen LogP) is 1.44. The van der Waals surface area contributed by atoms with E-state index in [1.54, 1.807) is 6.92 Å². The number of hydrogen-bond acceptors (Lipinski definition) is 4. The molecule has 0 saturated carbocycles. The van der Waals surface area contributed by atoms with E-state index in [1.165, 1.54) is 23.9 Å². The molecule has 7 heteroatoms. The number of nitrogens with one attached hydrogen (secondary N) is 1. The molecular weight excluding hydrogens is 263 g/mol. The summed E-state index contributed by atoms with van der Waals surface area (Å²) in [4.78, 5) is -0.217. The van der Waals surface area contributed by atoms with Crippen LogP contribution in [-0.2, 0) is 10.0 Å². The highest BCUT2D eigenvalue weighted by atomic mass is 32.2. The molecule has 1 rings (SSSR count). The fraction of sp³-hybridized carbons (Fsp3) is 0.400. The molecular formula is C10H15FN2O2S2. The Morgan fingerprint density at radius 1 is 1.53 bits per heavy atom. The number of nitrogen functional groups attached to an aromatic ring is 1. The van der Waals surface area contributed by atoms with Crippen molar-refractivity contribution in [3.05, 3.63) is 24.0 Å². The molecule has 0 aliphatic heterocycles. The quantitative estimate of drug-likeness (QED) is 0.799. The van der Waals surface area contributed by atoms with Gasteiger partial charge in [0.15, 0.2) is 0 Å². The molecule has 0 fully saturated rings. The van der Waals surface area contributed by atoms with Crippen LogP contribution in [0.1, 0.15) is 6.92 Å². The van der Waals surface area contributed by atoms with Gasteiger partial charge >= 0.3 is 0 Å². The fourth-order valence-electron chi connectivity index (χ4n) is 1.36. The molecule has 0 amide bonds. The van der Waals surface area contributed by atoms with Crippen molar-refractivity contribution in [2.24, 2.45) is 0 Å². The highest BCUT2D eigenvalue weighted by molar-refractivity contribution is 7.98. The summed E-state index contributed by atoms with van der Waals surface area (Å²) in [5, 5.41) is 0. The van der Waals surface area contributed by atoms with Gasteiger partial charge in [0, 0.05) is 11.8 Å². The van der Waals surface area contributed by atoms with Crippen molar-refractivity contribution in [3.8, 4) is 0 Å². The zero-order valence-electron chi connectivity index (χ0n) is 9.60. The Hall–Kier alpha value is -0.790. The molecule has 0 aromatic heterocycles. The third-order valence-electron chi connectivity index (χ3n) is 2.08. The van der Waals surface area contributed by atoms with Crippen LogP contribution >= 0.6 is 11.8 Å². The number of hydrogen-bond donors (Lipinski definition) is 2. The van der Waals surface area contributed by atoms with Gasteiger partial charge in [0.05, 0.1) is 5.69 Å². The molecule has 1 aromatic rings. The van der Waals surface area contributed by atoms with Crippen molar-refractivity contribution in [2.75, 3.05) is 17.7 Å². The summed E-state index contributed by atoms with van der Waals surface area (Å²) in [5.74, 6) is -0.0977. The van der Waals surface area contributed by atoms with Gasteiger partial charge in [-0.15, -0.1) is 0 Å². The normalized spacial score (nSPS) is 13.6. The molecule has 0 spiro atoms. The molecule has 3 N–H and O–H groups in total. The Bertz CT molecular complexity index is 491. The topological polar surface area (TPSA) is 72.2 Å². The molecule has 0 bridgehead atoms. The van der Waals surface area contributed by atoms with Crippen LogP contribution in [0.15, 0.2) is 23.1 Å². The van der Waals surface area contributed by atoms with E-state index < -0.39 is 15.8 Å². The van der Waals surface area contributed by atoms with Crippen molar-refractivity contribution in [1.82, 2.24) is 4.72 Å². The molecule has 1 aromatic carbocycles. The van der Waals surface area contributed by atoms with E-state index in [2.05, 4.69) is 4.72 Å². The Labute approximate surface area is 105 Å². The minimum absolute atomic E-state index is 0.217. The Balaban J connectivity index is 3.02. The summed E-state index contributed by atoms with van der Waals surface area (Å²) < 4.78 is 39.5. The summed E-state index contributed by atoms with van der Waals surface area (Å²) in [6.07, 6.45) is 1.88. The minimum atomic E-state index is -3.76. The Kier molecular flexibility index (Phi) is 4.79. The number of thioether (sulfide) groups is 1. The SMILES string of the molecule is CSCC(C)NS(=O)(=O)c1cccc(F)c1N. The third kappa shape index (κ3) is 3.58. The molecule has 4 nitrogen and oxygen atoms in total. The van der Waals surface area contributed by atoms with Crippen LogP contribution < -0.4 is 10.5 Å². The molecule has 0 saturated heterocycles. The first-order valence-electron chi connectivity index (χ1n) is 4.93. The maximum absolute atomic E-state index is 13.2. The maximum atomic E-state index is 13.2. The lowest BCUT2D eigenvalue weighted by Gasteiger charge is -2.14. The van der Waals surface area contributed by atoms with Crippen LogP contribution in [0.2, 0.25) is 0 Å². The second kappa shape index (κ2) is 5.70. The average Bonchev–Trinajstić information content (AvgIpc) is 2.21. The van der Waals surface area contributed by atoms with Crippen LogP contribution in [0.3, 0.4) is 0 Å². The van der Waals surface area contributed by atoms with Gasteiger partial charge in [-0.05, 0) is 25.3 Å². The van der Waals surface area contributed by atoms with Crippen molar-refractivity contribution < 1.29 is 12.8 Å². The van der Waals surface area contributed by atoms with E-state index in [1.807, 2.05) is 6.26 Å². The molecule has 0 heterocycles. The van der Waals surface area contributed by atoms with E-state index >= 15 is 0 Å². The number of sulfonamides is 1. The van der Waals surface area contributed by atoms with Crippen LogP contribution in [-0.4, -0.2) is 26.5 Å². The zero-order valence-corrected chi connectivity index (χ0v) is 11.2. The molecule has 17 heavy (non-hydrogen) atoms. The lowest BCUT2D eigenvalue weighted by atomic mass is 10.3. The third-order valence-corrected chi connectivity index (χ3v) is 4.56. The largest absolute Gasteiger partial charge is 0.395 e. The molecule has 1 unspecified atom stereocenters. The summed E-state index contributed by atoms with van der Waals surface area (Å²) in [7, 11) is -3.76. The van der Waals surface area contributed by atoms with Crippen LogP contribution in [0.25, 0.3) is 0 Å². The first-order valence-corrected chi connectivity index (χ1v) is 7.81. The number of anilines is 1. The lowest BCUT2D eigenvalue weighted by Crippen LogP contribution is -2.34. The van der Waals surface area contributed by atoms with Crippen molar-refractivity contribution in [1.29, 1.82) is 0 Å². The molecule has 96 valence electrons. The van der Waals surface area contributed by atoms with Crippen LogP contribution in [0.5, 0.6) is 0 Å². The minimum Gasteiger partial charge on any atom is -0.395 e. The van der Waals surface area contributed by atoms with Gasteiger partial charge < -0.3 is 5.73 Å². The van der Waals surface area contributed by atoms with E-state index in [4.69, 9.17) is 5.73 Å². The van der Waals surface area contributed by atoms with Gasteiger partial charge in [-0.1, -0.05) is 6.07 Å². The van der Waals surface area contributed by atoms with Crippen molar-refractivity contribution >= 4 is 27.5 Å². The first kappa shape index (κ1) is 14.3. The van der Waals surface area contributed by atoms with Crippen LogP contribution in [0.4, 0.5) is 10.1 Å². The highest BCUT2D eigenvalue weighted by Gasteiger charge is 2.21. The first-order chi connectivity index (χ1) is 7.88. The monoisotopic (exact) mass is 278 g/mol. The number of para-hydroxylation sites is 1. The Morgan fingerprint density at radius 2 is 2.18 bits per heavy atom. The smallest absolute Gasteiger partial charge is 0.242 e. The van der Waals surface area contributed by atoms with Gasteiger partial charge in [-0.3, -0.25) is 0 Å². The van der Waals surface area contributed by atoms with Crippen LogP contribution in [0, 0.1) is 5.82 Å². The summed E-state index contributed by atoms with van der Waals surface area (Å²) in [6, 6.07) is 3.49. The second-order valence-corrected chi connectivity index (χ2v) is 6.22. The van der Waals surface area contributed by atoms with E-state index in [9.17, 15) is 12.8 Å². The number of benzene rings is 1. The number of rotatable bonds is 5. The van der Waals surface area contributed by atoms with Crippen molar-refractivity contribution in [2.45, 2.75) is 17.9 Å². The summed E-state index contributed by atoms with van der Waals surface area (Å²) >= 11 is 1.52. The molecule has 0 aliphatic carbocycles. The maximum Gasteiger partial charge on any atom is 0.242 e. The Morgan fingerprint density at radius 3 is 2.76 bits per heavy atom. The average molecular weight is 278 g/mol. The van der Waals surface area contributed by atoms with Gasteiger partial charge in [-0.25, -0.2) is 17.5 Å². The van der Waals surface area contributed by atoms with Gasteiger partial charge in [-0.2, -0.15) is 11.8 Å². The standard InChI is InChI=1S/C10H15FN2O2S2/c1-7(6-16-2)13-17(14,15)9-5-3-4-8(11)10(9)12/h3-5,7,13H,6,12H2,1-2H3. The molecule has 1 atom stereocenters. The fourth-order valence-corrected chi connectivity index (χ4v) is 3.44. The summed E-state index contributed by atoms with van der Waals surface area (Å²) in [6.45, 7) is 1.74. The second-order valence-electron chi connectivity index (χ2n) is 3.63. The summed E-state index contributed by atoms with van der Waals surface area (Å²) in [5.41, 5.74) is 5.07. The highest BCUT2D eigenvalue weighted by Crippen LogP contribution is 2.21. The van der Waals surface area contributed by atoms with Gasteiger partial charge in [0.1, 0.15) is 10.7 Å². The molecule has 0 radical (unpaired) electrons. The number of halogens is 1. The predicted molar refractivity (Wildman–Crippen MR) is 69.0 cm³/mol. The zero-order chi connectivity index (χ0) is 13.1. The van der Waals surface area contributed by atoms with E-state index in [0.717, 1.165) is 6.07 Å². The van der Waals surface area contributed by atoms with Gasteiger partial charge in [0.25, 0.3) is 0 Å². The molecule has 0 aliphatic rings. The van der Waals surface area contributed by atoms with E-state index in [-0.39, 0.29) is 16.6 Å².